The first kappa shape index (κ1) is 18.1. The van der Waals surface area contributed by atoms with E-state index < -0.39 is 13.3 Å². The fourth-order valence-corrected chi connectivity index (χ4v) is 3.55. The molecule has 0 aromatic carbocycles. The number of carbonyl (C=O) groups excluding carboxylic acids is 2. The molecule has 6 nitrogen and oxygen atoms in total. The van der Waals surface area contributed by atoms with Gasteiger partial charge >= 0.3 is 0 Å². The Morgan fingerprint density at radius 2 is 1.89 bits per heavy atom. The zero-order valence-electron chi connectivity index (χ0n) is 11.7. The summed E-state index contributed by atoms with van der Waals surface area (Å²) in [5.41, 5.74) is 4.30. The number of amides is 2. The Bertz CT molecular complexity index is 368. The van der Waals surface area contributed by atoms with Crippen molar-refractivity contribution >= 4 is 49.2 Å². The second-order valence-corrected chi connectivity index (χ2v) is 11.5. The third-order valence-corrected chi connectivity index (χ3v) is 5.29. The molecular formula is C10H20N3O3S2Si-. The summed E-state index contributed by atoms with van der Waals surface area (Å²) in [6.45, 7) is 6.47. The highest BCUT2D eigenvalue weighted by Gasteiger charge is 2.49. The molecule has 2 atom stereocenters. The van der Waals surface area contributed by atoms with E-state index in [1.807, 2.05) is 14.1 Å². The number of rotatable bonds is 2. The van der Waals surface area contributed by atoms with Crippen LogP contribution in [0.2, 0.25) is 25.2 Å². The van der Waals surface area contributed by atoms with E-state index in [0.717, 1.165) is 0 Å². The summed E-state index contributed by atoms with van der Waals surface area (Å²) < 4.78 is 5.52. The minimum Gasteiger partial charge on any atom is -0.719 e. The number of nitrogens with two attached hydrogens (primary N) is 1. The van der Waals surface area contributed by atoms with Gasteiger partial charge in [0.2, 0.25) is 5.91 Å². The first-order valence-corrected chi connectivity index (χ1v) is 10.0. The number of hydrogen-bond donors (Lipinski definition) is 2. The lowest BCUT2D eigenvalue weighted by Crippen LogP contribution is -2.64. The number of nitrogens with one attached hydrogen (secondary N) is 1. The van der Waals surface area contributed by atoms with Crippen LogP contribution in [0.5, 0.6) is 0 Å². The molecule has 2 unspecified atom stereocenters. The van der Waals surface area contributed by atoms with Crippen molar-refractivity contribution in [2.75, 3.05) is 14.1 Å². The number of β-lactam (4-membered cyclic amide) rings is 1. The van der Waals surface area contributed by atoms with E-state index in [4.69, 9.17) is 21.7 Å². The molecule has 0 aromatic rings. The average molecular weight is 323 g/mol. The molecule has 1 fully saturated rings. The summed E-state index contributed by atoms with van der Waals surface area (Å²) in [6, 6.07) is 0. The predicted molar refractivity (Wildman–Crippen MR) is 83.3 cm³/mol. The van der Waals surface area contributed by atoms with Crippen LogP contribution in [0.3, 0.4) is 0 Å². The van der Waals surface area contributed by atoms with Gasteiger partial charge in [0.05, 0.1) is 18.9 Å². The first-order valence-electron chi connectivity index (χ1n) is 5.61. The van der Waals surface area contributed by atoms with Gasteiger partial charge in [-0.3, -0.25) is 4.79 Å². The van der Waals surface area contributed by atoms with Gasteiger partial charge < -0.3 is 38.1 Å². The van der Waals surface area contributed by atoms with Gasteiger partial charge in [-0.25, -0.2) is 0 Å². The van der Waals surface area contributed by atoms with Gasteiger partial charge in [-0.05, 0) is 12.2 Å². The van der Waals surface area contributed by atoms with Gasteiger partial charge in [0.1, 0.15) is 0 Å². The van der Waals surface area contributed by atoms with Crippen molar-refractivity contribution in [3.8, 4) is 0 Å². The molecule has 0 aliphatic carbocycles. The monoisotopic (exact) mass is 322 g/mol. The maximum atomic E-state index is 11.4. The fourth-order valence-electron chi connectivity index (χ4n) is 1.51. The van der Waals surface area contributed by atoms with Crippen LogP contribution in [0.4, 0.5) is 4.79 Å². The second-order valence-electron chi connectivity index (χ2n) is 5.37. The molecule has 1 saturated heterocycles. The number of nitrogens with zero attached hydrogens (tertiary/aromatic N) is 1. The van der Waals surface area contributed by atoms with Gasteiger partial charge in [-0.2, -0.15) is 0 Å². The van der Waals surface area contributed by atoms with Crippen molar-refractivity contribution in [1.29, 1.82) is 0 Å². The van der Waals surface area contributed by atoms with E-state index in [0.29, 0.717) is 5.17 Å². The summed E-state index contributed by atoms with van der Waals surface area (Å²) in [6.07, 6.45) is -0.223. The first-order chi connectivity index (χ1) is 8.46. The lowest BCUT2D eigenvalue weighted by atomic mass is 10.2. The van der Waals surface area contributed by atoms with E-state index >= 15 is 0 Å². The Morgan fingerprint density at radius 3 is 2.16 bits per heavy atom. The molecule has 0 radical (unpaired) electrons. The van der Waals surface area contributed by atoms with Crippen LogP contribution in [0.25, 0.3) is 0 Å². The highest BCUT2D eigenvalue weighted by molar-refractivity contribution is 7.80. The van der Waals surface area contributed by atoms with Crippen LogP contribution >= 0.6 is 12.2 Å². The van der Waals surface area contributed by atoms with E-state index in [9.17, 15) is 4.79 Å². The Morgan fingerprint density at radius 1 is 1.47 bits per heavy atom. The Kier molecular flexibility index (Phi) is 6.67. The predicted octanol–water partition coefficient (Wildman–Crippen LogP) is 0.626. The average Bonchev–Trinajstić information content (AvgIpc) is 2.11. The van der Waals surface area contributed by atoms with Crippen LogP contribution in [-0.4, -0.2) is 49.6 Å². The van der Waals surface area contributed by atoms with Crippen LogP contribution in [-0.2, 0) is 22.2 Å². The summed E-state index contributed by atoms with van der Waals surface area (Å²) in [4.78, 5) is 22.2. The van der Waals surface area contributed by atoms with Crippen molar-refractivity contribution in [1.82, 2.24) is 10.2 Å². The van der Waals surface area contributed by atoms with Crippen LogP contribution in [0.1, 0.15) is 0 Å². The summed E-state index contributed by atoms with van der Waals surface area (Å²) in [7, 11) is 2.13. The number of primary amides is 1. The highest BCUT2D eigenvalue weighted by Crippen LogP contribution is 2.33. The number of ether oxygens (including phenoxy) is 1. The number of hydrogen-bond acceptors (Lipinski definition) is 5. The number of carbonyl (C=O) groups is 2. The fraction of sp³-hybridized carbons (Fsp3) is 0.700. The molecule has 1 aliphatic heterocycles. The minimum absolute atomic E-state index is 0.00963. The van der Waals surface area contributed by atoms with Crippen molar-refractivity contribution in [2.24, 2.45) is 5.73 Å². The zero-order chi connectivity index (χ0) is 15.4. The molecule has 9 heteroatoms. The van der Waals surface area contributed by atoms with Crippen LogP contribution in [0.15, 0.2) is 0 Å². The Labute approximate surface area is 125 Å². The second kappa shape index (κ2) is 7.01. The van der Waals surface area contributed by atoms with Gasteiger partial charge in [0.25, 0.3) is 5.17 Å². The molecule has 1 rings (SSSR count). The van der Waals surface area contributed by atoms with Gasteiger partial charge in [-0.15, -0.1) is 0 Å². The Balaban J connectivity index is 0.000000711. The molecule has 0 aromatic heterocycles. The normalized spacial score (nSPS) is 21.2. The van der Waals surface area contributed by atoms with Gasteiger partial charge in [0, 0.05) is 14.1 Å². The zero-order valence-corrected chi connectivity index (χ0v) is 14.4. The number of thiocarbonyl (C=S) groups is 1. The van der Waals surface area contributed by atoms with Crippen molar-refractivity contribution in [3.05, 3.63) is 0 Å². The molecule has 0 bridgehead atoms. The third-order valence-electron chi connectivity index (χ3n) is 2.40. The van der Waals surface area contributed by atoms with Crippen LogP contribution in [0, 0.1) is 0 Å². The standard InChI is InChI=1S/C9H18N2O2SSi.CH3NOS/c1-11(2)9(14)13-8-6(7(12)10-8)15(3,4)5;2-1(3)4/h6,8H,1-5H3,(H,10,12);(H3,2,3,4)/p-1. The summed E-state index contributed by atoms with van der Waals surface area (Å²) >= 11 is 8.80. The summed E-state index contributed by atoms with van der Waals surface area (Å²) in [5.74, 6) is 0.0979. The van der Waals surface area contributed by atoms with E-state index in [-0.39, 0.29) is 17.7 Å². The highest BCUT2D eigenvalue weighted by atomic mass is 32.1. The molecule has 19 heavy (non-hydrogen) atoms. The molecule has 3 N–H and O–H groups in total. The minimum atomic E-state index is -1.52. The van der Waals surface area contributed by atoms with E-state index in [1.54, 1.807) is 4.90 Å². The largest absolute Gasteiger partial charge is 0.719 e. The molecule has 110 valence electrons. The summed E-state index contributed by atoms with van der Waals surface area (Å²) in [5, 5.41) is 2.41. The lowest BCUT2D eigenvalue weighted by molar-refractivity contribution is -0.135. The Hall–Kier alpha value is -0.933. The molecule has 2 amide bonds. The smallest absolute Gasteiger partial charge is 0.260 e. The molecule has 0 spiro atoms. The molecule has 0 saturated carbocycles. The molecule has 1 aliphatic rings. The molecule has 1 heterocycles. The lowest BCUT2D eigenvalue weighted by Gasteiger charge is -2.43. The van der Waals surface area contributed by atoms with E-state index in [2.05, 4.69) is 43.3 Å². The van der Waals surface area contributed by atoms with Crippen LogP contribution < -0.4 is 11.1 Å². The maximum absolute atomic E-state index is 11.4. The van der Waals surface area contributed by atoms with Crippen molar-refractivity contribution in [2.45, 2.75) is 31.4 Å². The van der Waals surface area contributed by atoms with Crippen molar-refractivity contribution < 1.29 is 14.3 Å². The van der Waals surface area contributed by atoms with Gasteiger partial charge in [0.15, 0.2) is 6.23 Å². The van der Waals surface area contributed by atoms with Crippen molar-refractivity contribution in [3.63, 3.8) is 0 Å². The molecular weight excluding hydrogens is 302 g/mol. The third kappa shape index (κ3) is 6.17. The van der Waals surface area contributed by atoms with Gasteiger partial charge in [-0.1, -0.05) is 19.6 Å². The SMILES string of the molecule is CN(C)C(=S)OC1NC(=O)C1[Si](C)(C)C.NC(=O)[S-]. The maximum Gasteiger partial charge on any atom is 0.260 e. The topological polar surface area (TPSA) is 84.7 Å². The quantitative estimate of drug-likeness (QED) is 0.336. The van der Waals surface area contributed by atoms with E-state index in [1.165, 1.54) is 0 Å².